The average molecular weight is 351 g/mol. The van der Waals surface area contributed by atoms with Gasteiger partial charge in [0, 0.05) is 47.5 Å². The highest BCUT2D eigenvalue weighted by molar-refractivity contribution is 9.10. The second kappa shape index (κ2) is 4.97. The molecule has 1 aliphatic carbocycles. The van der Waals surface area contributed by atoms with Crippen LogP contribution in [0.15, 0.2) is 22.7 Å². The highest BCUT2D eigenvalue weighted by Crippen LogP contribution is 2.48. The fourth-order valence-corrected chi connectivity index (χ4v) is 4.56. The van der Waals surface area contributed by atoms with Gasteiger partial charge in [0.2, 0.25) is 0 Å². The molecule has 2 heterocycles. The molecule has 0 radical (unpaired) electrons. The van der Waals surface area contributed by atoms with Crippen LogP contribution in [0.3, 0.4) is 0 Å². The summed E-state index contributed by atoms with van der Waals surface area (Å²) in [6, 6.07) is 8.28. The van der Waals surface area contributed by atoms with E-state index < -0.39 is 0 Å². The summed E-state index contributed by atoms with van der Waals surface area (Å²) >= 11 is 3.58. The molecule has 4 rings (SSSR count). The van der Waals surface area contributed by atoms with Gasteiger partial charge in [-0.3, -0.25) is 4.90 Å². The third kappa shape index (κ3) is 2.41. The van der Waals surface area contributed by atoms with Crippen molar-refractivity contribution in [3.63, 3.8) is 0 Å². The van der Waals surface area contributed by atoms with Gasteiger partial charge < -0.3 is 10.1 Å². The monoisotopic (exact) mass is 350 g/mol. The Hall–Kier alpha value is -0.580. The largest absolute Gasteiger partial charge is 0.485 e. The maximum absolute atomic E-state index is 6.56. The highest BCUT2D eigenvalue weighted by atomic mass is 79.9. The number of benzene rings is 1. The molecule has 2 aliphatic heterocycles. The van der Waals surface area contributed by atoms with E-state index in [-0.39, 0.29) is 5.60 Å². The molecular weight excluding hydrogens is 328 g/mol. The Morgan fingerprint density at radius 3 is 2.86 bits per heavy atom. The first kappa shape index (κ1) is 14.0. The molecule has 4 heteroatoms. The van der Waals surface area contributed by atoms with Crippen LogP contribution in [0.4, 0.5) is 0 Å². The normalized spacial score (nSPS) is 35.8. The van der Waals surface area contributed by atoms with Gasteiger partial charge in [-0.2, -0.15) is 0 Å². The minimum atomic E-state index is -0.0104. The van der Waals surface area contributed by atoms with Gasteiger partial charge in [-0.25, -0.2) is 0 Å². The van der Waals surface area contributed by atoms with Crippen molar-refractivity contribution in [1.82, 2.24) is 10.2 Å². The Balaban J connectivity index is 1.66. The Labute approximate surface area is 135 Å². The molecule has 1 N–H and O–H groups in total. The molecule has 1 aromatic rings. The van der Waals surface area contributed by atoms with E-state index in [0.717, 1.165) is 35.7 Å². The summed E-state index contributed by atoms with van der Waals surface area (Å²) in [5.74, 6) is 1.06. The van der Waals surface area contributed by atoms with Gasteiger partial charge in [-0.15, -0.1) is 0 Å². The molecule has 3 atom stereocenters. The SMILES string of the molecule is CNC1CC2(CC(C)N(C3CC3)C2)Oc2cc(Br)ccc21. The lowest BCUT2D eigenvalue weighted by Gasteiger charge is -2.40. The number of nitrogens with zero attached hydrogens (tertiary/aromatic N) is 1. The van der Waals surface area contributed by atoms with Gasteiger partial charge in [0.05, 0.1) is 0 Å². The van der Waals surface area contributed by atoms with Crippen LogP contribution in [0.5, 0.6) is 5.75 Å². The van der Waals surface area contributed by atoms with Crippen LogP contribution in [0.2, 0.25) is 0 Å². The maximum atomic E-state index is 6.56. The van der Waals surface area contributed by atoms with Crippen molar-refractivity contribution in [2.75, 3.05) is 13.6 Å². The lowest BCUT2D eigenvalue weighted by atomic mass is 9.85. The van der Waals surface area contributed by atoms with E-state index in [4.69, 9.17) is 4.74 Å². The second-order valence-electron chi connectivity index (χ2n) is 6.97. The van der Waals surface area contributed by atoms with Crippen molar-refractivity contribution in [2.24, 2.45) is 0 Å². The fourth-order valence-electron chi connectivity index (χ4n) is 4.22. The molecule has 0 amide bonds. The predicted molar refractivity (Wildman–Crippen MR) is 87.7 cm³/mol. The first-order valence-electron chi connectivity index (χ1n) is 8.02. The Kier molecular flexibility index (Phi) is 3.32. The third-order valence-corrected chi connectivity index (χ3v) is 5.82. The lowest BCUT2D eigenvalue weighted by Crippen LogP contribution is -2.46. The van der Waals surface area contributed by atoms with E-state index in [2.05, 4.69) is 58.3 Å². The summed E-state index contributed by atoms with van der Waals surface area (Å²) in [5.41, 5.74) is 1.28. The van der Waals surface area contributed by atoms with Gasteiger partial charge in [0.1, 0.15) is 11.4 Å². The number of hydrogen-bond acceptors (Lipinski definition) is 3. The number of halogens is 1. The van der Waals surface area contributed by atoms with E-state index in [0.29, 0.717) is 12.1 Å². The minimum absolute atomic E-state index is 0.0104. The molecule has 1 saturated heterocycles. The van der Waals surface area contributed by atoms with Crippen molar-refractivity contribution < 1.29 is 4.74 Å². The van der Waals surface area contributed by atoms with E-state index >= 15 is 0 Å². The molecule has 1 saturated carbocycles. The molecule has 3 nitrogen and oxygen atoms in total. The molecule has 21 heavy (non-hydrogen) atoms. The molecule has 3 aliphatic rings. The topological polar surface area (TPSA) is 24.5 Å². The van der Waals surface area contributed by atoms with E-state index in [1.807, 2.05) is 0 Å². The quantitative estimate of drug-likeness (QED) is 0.883. The molecule has 0 bridgehead atoms. The maximum Gasteiger partial charge on any atom is 0.126 e. The van der Waals surface area contributed by atoms with Gasteiger partial charge in [-0.05, 0) is 38.9 Å². The van der Waals surface area contributed by atoms with Crippen molar-refractivity contribution in [3.05, 3.63) is 28.2 Å². The van der Waals surface area contributed by atoms with Gasteiger partial charge in [0.25, 0.3) is 0 Å². The minimum Gasteiger partial charge on any atom is -0.485 e. The van der Waals surface area contributed by atoms with Crippen LogP contribution >= 0.6 is 15.9 Å². The van der Waals surface area contributed by atoms with Crippen molar-refractivity contribution >= 4 is 15.9 Å². The number of fused-ring (bicyclic) bond motifs is 1. The van der Waals surface area contributed by atoms with Gasteiger partial charge in [-0.1, -0.05) is 22.0 Å². The van der Waals surface area contributed by atoms with Crippen molar-refractivity contribution in [2.45, 2.75) is 56.3 Å². The van der Waals surface area contributed by atoms with Crippen LogP contribution in [-0.2, 0) is 0 Å². The van der Waals surface area contributed by atoms with Gasteiger partial charge in [0.15, 0.2) is 0 Å². The number of ether oxygens (including phenoxy) is 1. The van der Waals surface area contributed by atoms with E-state index in [1.165, 1.54) is 18.4 Å². The first-order chi connectivity index (χ1) is 10.1. The zero-order chi connectivity index (χ0) is 14.6. The smallest absolute Gasteiger partial charge is 0.126 e. The fraction of sp³-hybridized carbons (Fsp3) is 0.647. The number of hydrogen-bond donors (Lipinski definition) is 1. The van der Waals surface area contributed by atoms with Crippen LogP contribution in [-0.4, -0.2) is 36.2 Å². The highest BCUT2D eigenvalue weighted by Gasteiger charge is 2.51. The third-order valence-electron chi connectivity index (χ3n) is 5.32. The Morgan fingerprint density at radius 2 is 2.14 bits per heavy atom. The Bertz CT molecular complexity index is 560. The number of nitrogens with one attached hydrogen (secondary N) is 1. The second-order valence-corrected chi connectivity index (χ2v) is 7.88. The van der Waals surface area contributed by atoms with Crippen molar-refractivity contribution in [1.29, 1.82) is 0 Å². The van der Waals surface area contributed by atoms with E-state index in [1.54, 1.807) is 0 Å². The predicted octanol–water partition coefficient (Wildman–Crippen LogP) is 3.49. The zero-order valence-corrected chi connectivity index (χ0v) is 14.3. The number of rotatable bonds is 2. The Morgan fingerprint density at radius 1 is 1.33 bits per heavy atom. The standard InChI is InChI=1S/C17H23BrN2O/c1-11-8-17(10-20(11)13-4-5-13)9-15(19-2)14-6-3-12(18)7-16(14)21-17/h3,6-7,11,13,15,19H,4-5,8-10H2,1-2H3. The molecule has 2 fully saturated rings. The van der Waals surface area contributed by atoms with Gasteiger partial charge >= 0.3 is 0 Å². The van der Waals surface area contributed by atoms with Crippen LogP contribution in [0.25, 0.3) is 0 Å². The summed E-state index contributed by atoms with van der Waals surface area (Å²) in [6.45, 7) is 3.45. The van der Waals surface area contributed by atoms with Crippen molar-refractivity contribution in [3.8, 4) is 5.75 Å². The first-order valence-corrected chi connectivity index (χ1v) is 8.81. The molecule has 114 valence electrons. The summed E-state index contributed by atoms with van der Waals surface area (Å²) in [4.78, 5) is 2.68. The number of likely N-dealkylation sites (tertiary alicyclic amines) is 1. The summed E-state index contributed by atoms with van der Waals surface area (Å²) < 4.78 is 7.66. The molecule has 1 aromatic carbocycles. The summed E-state index contributed by atoms with van der Waals surface area (Å²) in [5, 5.41) is 3.49. The summed E-state index contributed by atoms with van der Waals surface area (Å²) in [7, 11) is 2.06. The van der Waals surface area contributed by atoms with Crippen LogP contribution in [0.1, 0.15) is 44.2 Å². The van der Waals surface area contributed by atoms with Crippen LogP contribution < -0.4 is 10.1 Å². The zero-order valence-electron chi connectivity index (χ0n) is 12.7. The molecule has 1 spiro atoms. The molecule has 3 unspecified atom stereocenters. The van der Waals surface area contributed by atoms with Crippen LogP contribution in [0, 0.1) is 0 Å². The average Bonchev–Trinajstić information content (AvgIpc) is 3.23. The molecular formula is C17H23BrN2O. The lowest BCUT2D eigenvalue weighted by molar-refractivity contribution is 0.0387. The molecule has 0 aromatic heterocycles. The van der Waals surface area contributed by atoms with E-state index in [9.17, 15) is 0 Å². The summed E-state index contributed by atoms with van der Waals surface area (Å²) in [6.07, 6.45) is 4.97.